The number of carbonyl (C=O) groups is 2. The normalized spacial score (nSPS) is 21.5. The lowest BCUT2D eigenvalue weighted by molar-refractivity contribution is -0.140. The first-order valence-corrected chi connectivity index (χ1v) is 10.7. The van der Waals surface area contributed by atoms with Gasteiger partial charge in [0.25, 0.3) is 11.7 Å². The van der Waals surface area contributed by atoms with Crippen LogP contribution >= 0.6 is 0 Å². The number of Topliss-reactive ketones (excluding diaryl/α,β-unsaturated/α-hetero) is 1. The second kappa shape index (κ2) is 9.04. The van der Waals surface area contributed by atoms with E-state index in [-0.39, 0.29) is 30.6 Å². The Labute approximate surface area is 187 Å². The number of rotatable bonds is 7. The number of aliphatic hydroxyl groups excluding tert-OH is 1. The van der Waals surface area contributed by atoms with E-state index in [9.17, 15) is 14.7 Å². The molecule has 0 bridgehead atoms. The van der Waals surface area contributed by atoms with Crippen LogP contribution in [-0.2, 0) is 20.7 Å². The van der Waals surface area contributed by atoms with Gasteiger partial charge in [-0.2, -0.15) is 0 Å². The van der Waals surface area contributed by atoms with E-state index < -0.39 is 17.7 Å². The third-order valence-corrected chi connectivity index (χ3v) is 5.73. The SMILES string of the molecule is CCOc1cccc(C2/C(=C(/O)c3ccc4c(c3)CC(C)O4)C(=O)C(=O)N2CCOC)c1. The molecule has 0 aromatic heterocycles. The zero-order chi connectivity index (χ0) is 22.8. The van der Waals surface area contributed by atoms with E-state index in [2.05, 4.69) is 0 Å². The van der Waals surface area contributed by atoms with Crippen molar-refractivity contribution < 1.29 is 28.9 Å². The lowest BCUT2D eigenvalue weighted by Crippen LogP contribution is -2.32. The third kappa shape index (κ3) is 3.96. The summed E-state index contributed by atoms with van der Waals surface area (Å²) >= 11 is 0. The van der Waals surface area contributed by atoms with Crippen LogP contribution < -0.4 is 9.47 Å². The van der Waals surface area contributed by atoms with Crippen molar-refractivity contribution in [1.29, 1.82) is 0 Å². The monoisotopic (exact) mass is 437 g/mol. The fraction of sp³-hybridized carbons (Fsp3) is 0.360. The largest absolute Gasteiger partial charge is 0.507 e. The number of benzene rings is 2. The summed E-state index contributed by atoms with van der Waals surface area (Å²) in [7, 11) is 1.54. The molecule has 1 amide bonds. The number of nitrogens with zero attached hydrogens (tertiary/aromatic N) is 1. The Kier molecular flexibility index (Phi) is 6.19. The Morgan fingerprint density at radius 1 is 1.22 bits per heavy atom. The summed E-state index contributed by atoms with van der Waals surface area (Å²) in [6, 6.07) is 11.8. The first-order valence-electron chi connectivity index (χ1n) is 10.7. The standard InChI is InChI=1S/C25H27NO6/c1-4-31-19-7-5-6-16(14-19)22-21(24(28)25(29)26(22)10-11-30-3)23(27)17-8-9-20-18(13-17)12-15(2)32-20/h5-9,13-15,22,27H,4,10-12H2,1-3H3/b23-21-. The maximum atomic E-state index is 13.1. The second-order valence-corrected chi connectivity index (χ2v) is 7.95. The van der Waals surface area contributed by atoms with Gasteiger partial charge in [0.05, 0.1) is 24.8 Å². The van der Waals surface area contributed by atoms with Crippen molar-refractivity contribution in [2.45, 2.75) is 32.4 Å². The number of aliphatic hydroxyl groups is 1. The zero-order valence-corrected chi connectivity index (χ0v) is 18.5. The van der Waals surface area contributed by atoms with Gasteiger partial charge in [0.2, 0.25) is 0 Å². The molecule has 1 N–H and O–H groups in total. The van der Waals surface area contributed by atoms with Crippen LogP contribution in [0, 0.1) is 0 Å². The molecular formula is C25H27NO6. The molecule has 0 saturated carbocycles. The molecule has 2 aromatic rings. The van der Waals surface area contributed by atoms with Gasteiger partial charge in [0, 0.05) is 25.6 Å². The number of fused-ring (bicyclic) bond motifs is 1. The highest BCUT2D eigenvalue weighted by atomic mass is 16.5. The minimum Gasteiger partial charge on any atom is -0.507 e. The lowest BCUT2D eigenvalue weighted by Gasteiger charge is -2.25. The lowest BCUT2D eigenvalue weighted by atomic mass is 9.94. The van der Waals surface area contributed by atoms with Gasteiger partial charge in [-0.15, -0.1) is 0 Å². The minimum atomic E-state index is -0.742. The van der Waals surface area contributed by atoms with E-state index in [1.165, 1.54) is 12.0 Å². The number of likely N-dealkylation sites (tertiary alicyclic amines) is 1. The predicted molar refractivity (Wildman–Crippen MR) is 119 cm³/mol. The first kappa shape index (κ1) is 21.9. The van der Waals surface area contributed by atoms with Crippen LogP contribution in [0.5, 0.6) is 11.5 Å². The summed E-state index contributed by atoms with van der Waals surface area (Å²) in [6.45, 7) is 4.84. The van der Waals surface area contributed by atoms with E-state index in [4.69, 9.17) is 14.2 Å². The van der Waals surface area contributed by atoms with Gasteiger partial charge >= 0.3 is 0 Å². The average Bonchev–Trinajstić information content (AvgIpc) is 3.28. The van der Waals surface area contributed by atoms with Gasteiger partial charge in [0.1, 0.15) is 23.4 Å². The molecule has 2 unspecified atom stereocenters. The number of ketones is 1. The van der Waals surface area contributed by atoms with Crippen LogP contribution in [0.3, 0.4) is 0 Å². The zero-order valence-electron chi connectivity index (χ0n) is 18.5. The van der Waals surface area contributed by atoms with E-state index in [1.54, 1.807) is 18.2 Å². The van der Waals surface area contributed by atoms with Gasteiger partial charge in [-0.1, -0.05) is 12.1 Å². The van der Waals surface area contributed by atoms with E-state index in [0.29, 0.717) is 23.5 Å². The van der Waals surface area contributed by atoms with Crippen LogP contribution in [0.4, 0.5) is 0 Å². The van der Waals surface area contributed by atoms with Crippen molar-refractivity contribution in [3.05, 3.63) is 64.7 Å². The highest BCUT2D eigenvalue weighted by Crippen LogP contribution is 2.41. The topological polar surface area (TPSA) is 85.3 Å². The van der Waals surface area contributed by atoms with Crippen molar-refractivity contribution in [3.63, 3.8) is 0 Å². The van der Waals surface area contributed by atoms with Crippen LogP contribution in [0.25, 0.3) is 5.76 Å². The fourth-order valence-electron chi connectivity index (χ4n) is 4.31. The van der Waals surface area contributed by atoms with Crippen LogP contribution in [0.1, 0.15) is 36.6 Å². The molecular weight excluding hydrogens is 410 g/mol. The molecule has 0 spiro atoms. The summed E-state index contributed by atoms with van der Waals surface area (Å²) in [5.41, 5.74) is 2.19. The highest BCUT2D eigenvalue weighted by molar-refractivity contribution is 6.46. The Morgan fingerprint density at radius 2 is 2.03 bits per heavy atom. The highest BCUT2D eigenvalue weighted by Gasteiger charge is 2.46. The van der Waals surface area contributed by atoms with E-state index in [0.717, 1.165) is 17.7 Å². The number of ether oxygens (including phenoxy) is 3. The molecule has 2 atom stereocenters. The summed E-state index contributed by atoms with van der Waals surface area (Å²) in [6.07, 6.45) is 0.779. The molecule has 7 nitrogen and oxygen atoms in total. The maximum absolute atomic E-state index is 13.1. The molecule has 0 aliphatic carbocycles. The minimum absolute atomic E-state index is 0.0586. The molecule has 0 radical (unpaired) electrons. The predicted octanol–water partition coefficient (Wildman–Crippen LogP) is 3.48. The summed E-state index contributed by atoms with van der Waals surface area (Å²) in [5.74, 6) is -0.164. The molecule has 7 heteroatoms. The van der Waals surface area contributed by atoms with Gasteiger partial charge < -0.3 is 24.2 Å². The number of hydrogen-bond donors (Lipinski definition) is 1. The van der Waals surface area contributed by atoms with E-state index >= 15 is 0 Å². The van der Waals surface area contributed by atoms with E-state index in [1.807, 2.05) is 38.1 Å². The average molecular weight is 437 g/mol. The van der Waals surface area contributed by atoms with Crippen molar-refractivity contribution in [1.82, 2.24) is 4.90 Å². The van der Waals surface area contributed by atoms with Gasteiger partial charge in [-0.3, -0.25) is 9.59 Å². The number of carbonyl (C=O) groups excluding carboxylic acids is 2. The second-order valence-electron chi connectivity index (χ2n) is 7.95. The molecule has 2 heterocycles. The summed E-state index contributed by atoms with van der Waals surface area (Å²) in [4.78, 5) is 27.4. The number of methoxy groups -OCH3 is 1. The molecule has 2 aromatic carbocycles. The molecule has 1 fully saturated rings. The quantitative estimate of drug-likeness (QED) is 0.406. The molecule has 32 heavy (non-hydrogen) atoms. The molecule has 2 aliphatic heterocycles. The number of amides is 1. The summed E-state index contributed by atoms with van der Waals surface area (Å²) < 4.78 is 16.5. The van der Waals surface area contributed by atoms with Crippen LogP contribution in [0.15, 0.2) is 48.0 Å². The van der Waals surface area contributed by atoms with Crippen molar-refractivity contribution in [3.8, 4) is 11.5 Å². The molecule has 4 rings (SSSR count). The van der Waals surface area contributed by atoms with Crippen molar-refractivity contribution in [2.24, 2.45) is 0 Å². The fourth-order valence-corrected chi connectivity index (χ4v) is 4.31. The molecule has 168 valence electrons. The number of hydrogen-bond acceptors (Lipinski definition) is 6. The van der Waals surface area contributed by atoms with Gasteiger partial charge in [-0.05, 0) is 55.3 Å². The van der Waals surface area contributed by atoms with Crippen LogP contribution in [0.2, 0.25) is 0 Å². The maximum Gasteiger partial charge on any atom is 0.295 e. The summed E-state index contributed by atoms with van der Waals surface area (Å²) in [5, 5.41) is 11.2. The van der Waals surface area contributed by atoms with Gasteiger partial charge in [-0.25, -0.2) is 0 Å². The van der Waals surface area contributed by atoms with Crippen LogP contribution in [-0.4, -0.2) is 54.7 Å². The Hall–Kier alpha value is -3.32. The van der Waals surface area contributed by atoms with Crippen molar-refractivity contribution >= 4 is 17.4 Å². The Bertz CT molecular complexity index is 1080. The Morgan fingerprint density at radius 3 is 2.78 bits per heavy atom. The molecule has 1 saturated heterocycles. The van der Waals surface area contributed by atoms with Crippen molar-refractivity contribution in [2.75, 3.05) is 26.9 Å². The third-order valence-electron chi connectivity index (χ3n) is 5.73. The molecule has 2 aliphatic rings. The first-order chi connectivity index (χ1) is 15.4. The smallest absolute Gasteiger partial charge is 0.295 e. The van der Waals surface area contributed by atoms with Gasteiger partial charge in [0.15, 0.2) is 0 Å². The Balaban J connectivity index is 1.82.